The number of ether oxygens (including phenoxy) is 1. The average molecular weight is 384 g/mol. The molecule has 1 aromatic heterocycles. The van der Waals surface area contributed by atoms with E-state index < -0.39 is 0 Å². The molecule has 0 saturated heterocycles. The minimum absolute atomic E-state index is 0.0551. The van der Waals surface area contributed by atoms with Crippen LogP contribution in [0.15, 0.2) is 77.7 Å². The topological polar surface area (TPSA) is 31.2 Å². The standard InChI is InChI=1S/C20H18BrNO2/c21-15-17-8-6-16(7-9-17)10-12-22-13-11-19(14-20(22)23)24-18-4-2-1-3-5-18/h1-9,11,13-14H,10,12,15H2. The molecule has 2 aromatic carbocycles. The molecule has 0 saturated carbocycles. The van der Waals surface area contributed by atoms with Crippen molar-refractivity contribution in [1.29, 1.82) is 0 Å². The summed E-state index contributed by atoms with van der Waals surface area (Å²) in [7, 11) is 0. The van der Waals surface area contributed by atoms with E-state index in [0.29, 0.717) is 12.3 Å². The monoisotopic (exact) mass is 383 g/mol. The van der Waals surface area contributed by atoms with Gasteiger partial charge in [0.1, 0.15) is 11.5 Å². The Morgan fingerprint density at radius 1 is 0.875 bits per heavy atom. The number of aryl methyl sites for hydroxylation is 2. The van der Waals surface area contributed by atoms with Crippen molar-refractivity contribution in [3.8, 4) is 11.5 Å². The second-order valence-electron chi connectivity index (χ2n) is 5.51. The van der Waals surface area contributed by atoms with Crippen molar-refractivity contribution in [2.45, 2.75) is 18.3 Å². The summed E-state index contributed by atoms with van der Waals surface area (Å²) in [5.74, 6) is 1.28. The van der Waals surface area contributed by atoms with Gasteiger partial charge in [-0.2, -0.15) is 0 Å². The molecule has 0 N–H and O–H groups in total. The Hall–Kier alpha value is -2.33. The summed E-state index contributed by atoms with van der Waals surface area (Å²) in [5, 5.41) is 0.857. The van der Waals surface area contributed by atoms with Gasteiger partial charge in [0.05, 0.1) is 0 Å². The summed E-state index contributed by atoms with van der Waals surface area (Å²) in [4.78, 5) is 12.2. The van der Waals surface area contributed by atoms with E-state index in [-0.39, 0.29) is 5.56 Å². The van der Waals surface area contributed by atoms with Crippen molar-refractivity contribution in [1.82, 2.24) is 4.57 Å². The number of rotatable bonds is 6. The van der Waals surface area contributed by atoms with Crippen molar-refractivity contribution >= 4 is 15.9 Å². The van der Waals surface area contributed by atoms with Gasteiger partial charge in [-0.05, 0) is 35.7 Å². The number of benzene rings is 2. The first-order valence-corrected chi connectivity index (χ1v) is 8.94. The SMILES string of the molecule is O=c1cc(Oc2ccccc2)ccn1CCc1ccc(CBr)cc1. The number of para-hydroxylation sites is 1. The highest BCUT2D eigenvalue weighted by atomic mass is 79.9. The Morgan fingerprint density at radius 2 is 1.58 bits per heavy atom. The molecule has 4 heteroatoms. The highest BCUT2D eigenvalue weighted by Gasteiger charge is 2.02. The highest BCUT2D eigenvalue weighted by molar-refractivity contribution is 9.08. The summed E-state index contributed by atoms with van der Waals surface area (Å²) in [6, 6.07) is 21.2. The molecule has 0 aliphatic carbocycles. The van der Waals surface area contributed by atoms with Gasteiger partial charge in [-0.3, -0.25) is 4.79 Å². The summed E-state index contributed by atoms with van der Waals surface area (Å²) in [6.07, 6.45) is 2.61. The maximum absolute atomic E-state index is 12.2. The fourth-order valence-electron chi connectivity index (χ4n) is 2.41. The molecule has 0 aliphatic heterocycles. The van der Waals surface area contributed by atoms with Crippen molar-refractivity contribution in [3.63, 3.8) is 0 Å². The Labute approximate surface area is 149 Å². The molecule has 0 aliphatic rings. The molecule has 0 spiro atoms. The molecule has 1 heterocycles. The van der Waals surface area contributed by atoms with Crippen LogP contribution in [-0.2, 0) is 18.3 Å². The molecule has 3 rings (SSSR count). The van der Waals surface area contributed by atoms with E-state index in [1.165, 1.54) is 17.2 Å². The molecule has 0 bridgehead atoms. The van der Waals surface area contributed by atoms with Crippen LogP contribution in [0.5, 0.6) is 11.5 Å². The molecule has 122 valence electrons. The second kappa shape index (κ2) is 7.97. The van der Waals surface area contributed by atoms with Crippen molar-refractivity contribution < 1.29 is 4.74 Å². The zero-order chi connectivity index (χ0) is 16.8. The van der Waals surface area contributed by atoms with Crippen molar-refractivity contribution in [2.24, 2.45) is 0 Å². The second-order valence-corrected chi connectivity index (χ2v) is 6.07. The van der Waals surface area contributed by atoms with Crippen LogP contribution in [0.3, 0.4) is 0 Å². The third-order valence-electron chi connectivity index (χ3n) is 3.77. The van der Waals surface area contributed by atoms with E-state index in [1.807, 2.05) is 36.4 Å². The first-order chi connectivity index (χ1) is 11.7. The minimum atomic E-state index is -0.0551. The maximum Gasteiger partial charge on any atom is 0.254 e. The van der Waals surface area contributed by atoms with Crippen molar-refractivity contribution in [3.05, 3.63) is 94.4 Å². The molecular formula is C20H18BrNO2. The Bertz CT molecular complexity index is 842. The first-order valence-electron chi connectivity index (χ1n) is 7.82. The molecule has 3 aromatic rings. The maximum atomic E-state index is 12.2. The molecule has 0 fully saturated rings. The Kier molecular flexibility index (Phi) is 5.49. The smallest absolute Gasteiger partial charge is 0.254 e. The van der Waals surface area contributed by atoms with E-state index >= 15 is 0 Å². The summed E-state index contributed by atoms with van der Waals surface area (Å²) in [6.45, 7) is 0.651. The molecule has 3 nitrogen and oxygen atoms in total. The molecule has 0 amide bonds. The van der Waals surface area contributed by atoms with Gasteiger partial charge in [0, 0.05) is 24.1 Å². The van der Waals surface area contributed by atoms with Crippen LogP contribution in [-0.4, -0.2) is 4.57 Å². The lowest BCUT2D eigenvalue weighted by atomic mass is 10.1. The van der Waals surface area contributed by atoms with Gasteiger partial charge in [-0.15, -0.1) is 0 Å². The average Bonchev–Trinajstić information content (AvgIpc) is 2.62. The lowest BCUT2D eigenvalue weighted by molar-refractivity contribution is 0.478. The van der Waals surface area contributed by atoms with Crippen LogP contribution < -0.4 is 10.3 Å². The third-order valence-corrected chi connectivity index (χ3v) is 4.41. The van der Waals surface area contributed by atoms with Crippen LogP contribution >= 0.6 is 15.9 Å². The van der Waals surface area contributed by atoms with E-state index in [0.717, 1.165) is 17.5 Å². The zero-order valence-electron chi connectivity index (χ0n) is 13.2. The van der Waals surface area contributed by atoms with Crippen molar-refractivity contribution in [2.75, 3.05) is 0 Å². The lowest BCUT2D eigenvalue weighted by Crippen LogP contribution is -2.19. The zero-order valence-corrected chi connectivity index (χ0v) is 14.8. The van der Waals surface area contributed by atoms with Crippen LogP contribution in [0.25, 0.3) is 0 Å². The van der Waals surface area contributed by atoms with Gasteiger partial charge in [-0.1, -0.05) is 58.4 Å². The van der Waals surface area contributed by atoms with Crippen LogP contribution in [0, 0.1) is 0 Å². The van der Waals surface area contributed by atoms with Gasteiger partial charge in [0.25, 0.3) is 5.56 Å². The van der Waals surface area contributed by atoms with Gasteiger partial charge >= 0.3 is 0 Å². The van der Waals surface area contributed by atoms with Gasteiger partial charge in [0.2, 0.25) is 0 Å². The van der Waals surface area contributed by atoms with Gasteiger partial charge in [-0.25, -0.2) is 0 Å². The van der Waals surface area contributed by atoms with Crippen LogP contribution in [0.2, 0.25) is 0 Å². The molecule has 0 atom stereocenters. The predicted molar refractivity (Wildman–Crippen MR) is 100.0 cm³/mol. The number of hydrogen-bond donors (Lipinski definition) is 0. The fraction of sp³-hybridized carbons (Fsp3) is 0.150. The summed E-state index contributed by atoms with van der Waals surface area (Å²) >= 11 is 3.44. The Balaban J connectivity index is 1.65. The largest absolute Gasteiger partial charge is 0.457 e. The number of pyridine rings is 1. The number of halogens is 1. The van der Waals surface area contributed by atoms with Gasteiger partial charge in [0.15, 0.2) is 0 Å². The third kappa shape index (κ3) is 4.36. The Morgan fingerprint density at radius 3 is 2.25 bits per heavy atom. The number of alkyl halides is 1. The normalized spacial score (nSPS) is 10.5. The first kappa shape index (κ1) is 16.5. The van der Waals surface area contributed by atoms with E-state index in [1.54, 1.807) is 10.8 Å². The lowest BCUT2D eigenvalue weighted by Gasteiger charge is -2.09. The minimum Gasteiger partial charge on any atom is -0.457 e. The van der Waals surface area contributed by atoms with Gasteiger partial charge < -0.3 is 9.30 Å². The highest BCUT2D eigenvalue weighted by Crippen LogP contribution is 2.18. The molecular weight excluding hydrogens is 366 g/mol. The van der Waals surface area contributed by atoms with Crippen LogP contribution in [0.1, 0.15) is 11.1 Å². The molecule has 0 radical (unpaired) electrons. The molecule has 24 heavy (non-hydrogen) atoms. The van der Waals surface area contributed by atoms with E-state index in [4.69, 9.17) is 4.74 Å². The van der Waals surface area contributed by atoms with Crippen LogP contribution in [0.4, 0.5) is 0 Å². The van der Waals surface area contributed by atoms with E-state index in [9.17, 15) is 4.79 Å². The number of nitrogens with zero attached hydrogens (tertiary/aromatic N) is 1. The summed E-state index contributed by atoms with van der Waals surface area (Å²) < 4.78 is 7.39. The summed E-state index contributed by atoms with van der Waals surface area (Å²) in [5.41, 5.74) is 2.41. The van der Waals surface area contributed by atoms with E-state index in [2.05, 4.69) is 40.2 Å². The molecule has 0 unspecified atom stereocenters. The number of aromatic nitrogens is 1. The quantitative estimate of drug-likeness (QED) is 0.573. The predicted octanol–water partition coefficient (Wildman–Crippen LogP) is 4.78. The number of hydrogen-bond acceptors (Lipinski definition) is 2. The fourth-order valence-corrected chi connectivity index (χ4v) is 2.78.